The van der Waals surface area contributed by atoms with Gasteiger partial charge in [0.2, 0.25) is 0 Å². The van der Waals surface area contributed by atoms with Gasteiger partial charge in [-0.05, 0) is 38.1 Å². The Morgan fingerprint density at radius 1 is 1.32 bits per heavy atom. The van der Waals surface area contributed by atoms with Crippen LogP contribution in [0.25, 0.3) is 11.4 Å². The summed E-state index contributed by atoms with van der Waals surface area (Å²) in [5.41, 5.74) is 1.71. The molecule has 1 aromatic heterocycles. The molecule has 0 aliphatic heterocycles. The van der Waals surface area contributed by atoms with E-state index in [9.17, 15) is 9.90 Å². The summed E-state index contributed by atoms with van der Waals surface area (Å²) in [5, 5.41) is 9.23. The molecule has 1 heterocycles. The first-order chi connectivity index (χ1) is 9.11. The second-order valence-corrected chi connectivity index (χ2v) is 3.96. The van der Waals surface area contributed by atoms with Crippen LogP contribution in [0.15, 0.2) is 30.5 Å². The lowest BCUT2D eigenvalue weighted by Crippen LogP contribution is -2.09. The third kappa shape index (κ3) is 2.88. The second kappa shape index (κ2) is 5.48. The number of carbonyl (C=O) groups is 1. The van der Waals surface area contributed by atoms with Crippen LogP contribution < -0.4 is 0 Å². The van der Waals surface area contributed by atoms with Crippen LogP contribution >= 0.6 is 0 Å². The summed E-state index contributed by atoms with van der Waals surface area (Å²) >= 11 is 0. The minimum Gasteiger partial charge on any atom is -0.508 e. The van der Waals surface area contributed by atoms with E-state index in [1.165, 1.54) is 6.20 Å². The highest BCUT2D eigenvalue weighted by Gasteiger charge is 2.13. The van der Waals surface area contributed by atoms with E-state index in [4.69, 9.17) is 4.74 Å². The van der Waals surface area contributed by atoms with Gasteiger partial charge >= 0.3 is 5.97 Å². The van der Waals surface area contributed by atoms with Gasteiger partial charge in [-0.3, -0.25) is 0 Å². The molecule has 2 rings (SSSR count). The Kier molecular flexibility index (Phi) is 3.75. The monoisotopic (exact) mass is 258 g/mol. The maximum atomic E-state index is 11.6. The zero-order valence-electron chi connectivity index (χ0n) is 10.8. The smallest absolute Gasteiger partial charge is 0.341 e. The van der Waals surface area contributed by atoms with Crippen molar-refractivity contribution in [1.82, 2.24) is 9.97 Å². The number of phenols is 1. The van der Waals surface area contributed by atoms with Crippen molar-refractivity contribution in [3.8, 4) is 17.1 Å². The molecule has 0 aliphatic rings. The van der Waals surface area contributed by atoms with E-state index >= 15 is 0 Å². The molecule has 5 heteroatoms. The standard InChI is InChI=1S/C14H14N2O3/c1-3-19-14(18)12-8-15-13(16-9(12)2)10-4-6-11(17)7-5-10/h4-8,17H,3H2,1-2H3. The van der Waals surface area contributed by atoms with Crippen molar-refractivity contribution < 1.29 is 14.6 Å². The molecule has 1 aromatic carbocycles. The van der Waals surface area contributed by atoms with E-state index < -0.39 is 5.97 Å². The lowest BCUT2D eigenvalue weighted by Gasteiger charge is -2.06. The molecular weight excluding hydrogens is 244 g/mol. The van der Waals surface area contributed by atoms with Crippen LogP contribution in [-0.4, -0.2) is 27.7 Å². The number of hydrogen-bond acceptors (Lipinski definition) is 5. The zero-order valence-corrected chi connectivity index (χ0v) is 10.8. The number of nitrogens with zero attached hydrogens (tertiary/aromatic N) is 2. The summed E-state index contributed by atoms with van der Waals surface area (Å²) in [5.74, 6) is 0.270. The van der Waals surface area contributed by atoms with Crippen molar-refractivity contribution in [2.75, 3.05) is 6.61 Å². The predicted octanol–water partition coefficient (Wildman–Crippen LogP) is 2.33. The molecule has 0 radical (unpaired) electrons. The normalized spacial score (nSPS) is 10.2. The van der Waals surface area contributed by atoms with Crippen molar-refractivity contribution >= 4 is 5.97 Å². The van der Waals surface area contributed by atoms with E-state index in [-0.39, 0.29) is 5.75 Å². The Morgan fingerprint density at radius 3 is 2.58 bits per heavy atom. The number of phenolic OH excluding ortho intramolecular Hbond substituents is 1. The topological polar surface area (TPSA) is 72.3 Å². The molecule has 0 unspecified atom stereocenters. The Labute approximate surface area is 110 Å². The second-order valence-electron chi connectivity index (χ2n) is 3.96. The highest BCUT2D eigenvalue weighted by Crippen LogP contribution is 2.19. The Morgan fingerprint density at radius 2 is 2.00 bits per heavy atom. The minimum absolute atomic E-state index is 0.184. The van der Waals surface area contributed by atoms with Gasteiger partial charge in [-0.1, -0.05) is 0 Å². The van der Waals surface area contributed by atoms with Gasteiger partial charge in [0.1, 0.15) is 5.75 Å². The van der Waals surface area contributed by atoms with E-state index in [0.717, 1.165) is 5.56 Å². The van der Waals surface area contributed by atoms with Crippen LogP contribution in [0.1, 0.15) is 23.0 Å². The number of esters is 1. The molecule has 0 spiro atoms. The summed E-state index contributed by atoms with van der Waals surface area (Å²) in [6.45, 7) is 3.80. The van der Waals surface area contributed by atoms with Crippen molar-refractivity contribution in [2.24, 2.45) is 0 Å². The first-order valence-electron chi connectivity index (χ1n) is 5.92. The van der Waals surface area contributed by atoms with Crippen LogP contribution in [0.4, 0.5) is 0 Å². The van der Waals surface area contributed by atoms with Gasteiger partial charge in [0.15, 0.2) is 5.82 Å². The van der Waals surface area contributed by atoms with Crippen molar-refractivity contribution in [3.05, 3.63) is 41.7 Å². The molecule has 0 saturated carbocycles. The Bertz CT molecular complexity index is 594. The Hall–Kier alpha value is -2.43. The zero-order chi connectivity index (χ0) is 13.8. The first kappa shape index (κ1) is 13.0. The van der Waals surface area contributed by atoms with Crippen LogP contribution in [0, 0.1) is 6.92 Å². The molecule has 0 amide bonds. The van der Waals surface area contributed by atoms with Crippen molar-refractivity contribution in [2.45, 2.75) is 13.8 Å². The number of hydrogen-bond donors (Lipinski definition) is 1. The third-order valence-electron chi connectivity index (χ3n) is 2.60. The quantitative estimate of drug-likeness (QED) is 0.855. The van der Waals surface area contributed by atoms with Crippen LogP contribution in [0.2, 0.25) is 0 Å². The number of rotatable bonds is 3. The highest BCUT2D eigenvalue weighted by atomic mass is 16.5. The molecular formula is C14H14N2O3. The summed E-state index contributed by atoms with van der Waals surface area (Å²) in [7, 11) is 0. The predicted molar refractivity (Wildman–Crippen MR) is 69.8 cm³/mol. The molecule has 2 aromatic rings. The number of aromatic nitrogens is 2. The van der Waals surface area contributed by atoms with Crippen LogP contribution in [0.5, 0.6) is 5.75 Å². The molecule has 0 aliphatic carbocycles. The molecule has 1 N–H and O–H groups in total. The maximum absolute atomic E-state index is 11.6. The van der Waals surface area contributed by atoms with Gasteiger partial charge < -0.3 is 9.84 Å². The van der Waals surface area contributed by atoms with Crippen LogP contribution in [-0.2, 0) is 4.74 Å². The Balaban J connectivity index is 2.33. The highest BCUT2D eigenvalue weighted by molar-refractivity contribution is 5.90. The molecule has 0 bridgehead atoms. The van der Waals surface area contributed by atoms with Gasteiger partial charge in [0.05, 0.1) is 17.9 Å². The maximum Gasteiger partial charge on any atom is 0.341 e. The lowest BCUT2D eigenvalue weighted by molar-refractivity contribution is 0.0524. The number of aromatic hydroxyl groups is 1. The fourth-order valence-electron chi connectivity index (χ4n) is 1.63. The molecule has 0 saturated heterocycles. The number of benzene rings is 1. The van der Waals surface area contributed by atoms with E-state index in [1.54, 1.807) is 38.1 Å². The summed E-state index contributed by atoms with van der Waals surface area (Å²) in [6, 6.07) is 6.56. The largest absolute Gasteiger partial charge is 0.508 e. The van der Waals surface area contributed by atoms with Gasteiger partial charge in [-0.15, -0.1) is 0 Å². The van der Waals surface area contributed by atoms with E-state index in [1.807, 2.05) is 0 Å². The number of ether oxygens (including phenoxy) is 1. The van der Waals surface area contributed by atoms with Gasteiger partial charge in [0.25, 0.3) is 0 Å². The van der Waals surface area contributed by atoms with Gasteiger partial charge in [-0.25, -0.2) is 14.8 Å². The fourth-order valence-corrected chi connectivity index (χ4v) is 1.63. The van der Waals surface area contributed by atoms with Crippen molar-refractivity contribution in [1.29, 1.82) is 0 Å². The van der Waals surface area contributed by atoms with Gasteiger partial charge in [-0.2, -0.15) is 0 Å². The fraction of sp³-hybridized carbons (Fsp3) is 0.214. The molecule has 0 atom stereocenters. The SMILES string of the molecule is CCOC(=O)c1cnc(-c2ccc(O)cc2)nc1C. The molecule has 5 nitrogen and oxygen atoms in total. The third-order valence-corrected chi connectivity index (χ3v) is 2.60. The minimum atomic E-state index is -0.419. The van der Waals surface area contributed by atoms with E-state index in [2.05, 4.69) is 9.97 Å². The lowest BCUT2D eigenvalue weighted by atomic mass is 10.2. The molecule has 19 heavy (non-hydrogen) atoms. The van der Waals surface area contributed by atoms with Crippen molar-refractivity contribution in [3.63, 3.8) is 0 Å². The summed E-state index contributed by atoms with van der Waals surface area (Å²) in [4.78, 5) is 20.1. The number of aryl methyl sites for hydroxylation is 1. The number of carbonyl (C=O) groups excluding carboxylic acids is 1. The summed E-state index contributed by atoms with van der Waals surface area (Å²) in [6.07, 6.45) is 1.46. The van der Waals surface area contributed by atoms with E-state index in [0.29, 0.717) is 23.7 Å². The molecule has 0 fully saturated rings. The molecule has 98 valence electrons. The average Bonchev–Trinajstić information content (AvgIpc) is 2.39. The van der Waals surface area contributed by atoms with Gasteiger partial charge in [0, 0.05) is 11.8 Å². The summed E-state index contributed by atoms with van der Waals surface area (Å²) < 4.78 is 4.92. The average molecular weight is 258 g/mol. The first-order valence-corrected chi connectivity index (χ1v) is 5.92. The van der Waals surface area contributed by atoms with Crippen LogP contribution in [0.3, 0.4) is 0 Å².